The summed E-state index contributed by atoms with van der Waals surface area (Å²) in [6, 6.07) is 0. The molecule has 1 N–H and O–H groups in total. The second kappa shape index (κ2) is 4.65. The summed E-state index contributed by atoms with van der Waals surface area (Å²) in [7, 11) is 0. The van der Waals surface area contributed by atoms with Crippen LogP contribution in [0.1, 0.15) is 32.1 Å². The predicted molar refractivity (Wildman–Crippen MR) is 58.2 cm³/mol. The summed E-state index contributed by atoms with van der Waals surface area (Å²) in [6.45, 7) is 0.528. The van der Waals surface area contributed by atoms with Crippen LogP contribution in [0.3, 0.4) is 0 Å². The van der Waals surface area contributed by atoms with Gasteiger partial charge in [-0.05, 0) is 19.3 Å². The lowest BCUT2D eigenvalue weighted by atomic mass is 9.71. The minimum Gasteiger partial charge on any atom is -0.481 e. The van der Waals surface area contributed by atoms with Gasteiger partial charge in [-0.15, -0.1) is 0 Å². The second-order valence-electron chi connectivity index (χ2n) is 4.53. The summed E-state index contributed by atoms with van der Waals surface area (Å²) in [5, 5.41) is 13.3. The lowest BCUT2D eigenvalue weighted by Gasteiger charge is -2.32. The average Bonchev–Trinajstić information content (AvgIpc) is 2.81. The Bertz CT molecular complexity index is 404. The third kappa shape index (κ3) is 2.51. The van der Waals surface area contributed by atoms with Crippen LogP contribution in [-0.2, 0) is 16.1 Å². The van der Waals surface area contributed by atoms with Crippen LogP contribution < -0.4 is 0 Å². The standard InChI is InChI=1S/C11H15N3O3/c15-9-1-3-11(4-2-9,10(16)17)5-6-14-8-12-7-13-14/h7-8H,1-6H2,(H,16,17). The van der Waals surface area contributed by atoms with Gasteiger partial charge in [0.2, 0.25) is 0 Å². The van der Waals surface area contributed by atoms with Crippen molar-refractivity contribution in [1.82, 2.24) is 14.8 Å². The van der Waals surface area contributed by atoms with Crippen LogP contribution in [0, 0.1) is 5.41 Å². The maximum absolute atomic E-state index is 11.4. The summed E-state index contributed by atoms with van der Waals surface area (Å²) in [6.07, 6.45) is 5.14. The molecule has 0 atom stereocenters. The highest BCUT2D eigenvalue weighted by Gasteiger charge is 2.41. The third-order valence-corrected chi connectivity index (χ3v) is 3.50. The molecule has 1 aromatic rings. The van der Waals surface area contributed by atoms with Gasteiger partial charge in [0.25, 0.3) is 0 Å². The molecule has 0 spiro atoms. The number of hydrogen-bond donors (Lipinski definition) is 1. The average molecular weight is 237 g/mol. The van der Waals surface area contributed by atoms with Crippen molar-refractivity contribution in [2.24, 2.45) is 5.41 Å². The van der Waals surface area contributed by atoms with Crippen LogP contribution in [-0.4, -0.2) is 31.6 Å². The largest absolute Gasteiger partial charge is 0.481 e. The topological polar surface area (TPSA) is 85.1 Å². The van der Waals surface area contributed by atoms with Gasteiger partial charge in [0.05, 0.1) is 5.41 Å². The van der Waals surface area contributed by atoms with Gasteiger partial charge in [0.1, 0.15) is 18.4 Å². The van der Waals surface area contributed by atoms with Gasteiger partial charge >= 0.3 is 5.97 Å². The van der Waals surface area contributed by atoms with Gasteiger partial charge in [-0.2, -0.15) is 5.10 Å². The van der Waals surface area contributed by atoms with Gasteiger partial charge in [0.15, 0.2) is 0 Å². The first kappa shape index (κ1) is 11.8. The van der Waals surface area contributed by atoms with Crippen LogP contribution >= 0.6 is 0 Å². The monoisotopic (exact) mass is 237 g/mol. The smallest absolute Gasteiger partial charge is 0.309 e. The van der Waals surface area contributed by atoms with Gasteiger partial charge in [-0.1, -0.05) is 0 Å². The van der Waals surface area contributed by atoms with Crippen LogP contribution in [0.2, 0.25) is 0 Å². The summed E-state index contributed by atoms with van der Waals surface area (Å²) in [4.78, 5) is 26.4. The molecule has 0 aliphatic heterocycles. The number of carboxylic acids is 1. The number of ketones is 1. The van der Waals surface area contributed by atoms with Crippen LogP contribution in [0.4, 0.5) is 0 Å². The minimum atomic E-state index is -0.801. The molecule has 1 fully saturated rings. The van der Waals surface area contributed by atoms with Crippen molar-refractivity contribution < 1.29 is 14.7 Å². The van der Waals surface area contributed by atoms with Crippen molar-refractivity contribution in [3.8, 4) is 0 Å². The second-order valence-corrected chi connectivity index (χ2v) is 4.53. The van der Waals surface area contributed by atoms with E-state index in [1.54, 1.807) is 11.0 Å². The first-order valence-corrected chi connectivity index (χ1v) is 5.70. The number of aromatic nitrogens is 3. The Balaban J connectivity index is 2.02. The van der Waals surface area contributed by atoms with Gasteiger partial charge in [0, 0.05) is 19.4 Å². The summed E-state index contributed by atoms with van der Waals surface area (Å²) in [5.41, 5.74) is -0.764. The van der Waals surface area contributed by atoms with E-state index in [0.717, 1.165) is 0 Å². The molecule has 0 radical (unpaired) electrons. The number of Topliss-reactive ketones (excluding diaryl/α,β-unsaturated/α-hetero) is 1. The van der Waals surface area contributed by atoms with Crippen molar-refractivity contribution in [3.63, 3.8) is 0 Å². The highest BCUT2D eigenvalue weighted by molar-refractivity contribution is 5.83. The fourth-order valence-electron chi connectivity index (χ4n) is 2.25. The maximum Gasteiger partial charge on any atom is 0.309 e. The van der Waals surface area contributed by atoms with Crippen molar-refractivity contribution in [1.29, 1.82) is 0 Å². The van der Waals surface area contributed by atoms with E-state index >= 15 is 0 Å². The van der Waals surface area contributed by atoms with Crippen molar-refractivity contribution in [2.45, 2.75) is 38.6 Å². The molecule has 1 heterocycles. The summed E-state index contributed by atoms with van der Waals surface area (Å²) < 4.78 is 1.63. The normalized spacial score (nSPS) is 19.2. The first-order valence-electron chi connectivity index (χ1n) is 5.70. The van der Waals surface area contributed by atoms with Gasteiger partial charge in [-0.3, -0.25) is 14.3 Å². The number of rotatable bonds is 4. The molecule has 6 heteroatoms. The molecule has 1 aromatic heterocycles. The van der Waals surface area contributed by atoms with Crippen molar-refractivity contribution >= 4 is 11.8 Å². The number of carboxylic acid groups (broad SMARTS) is 1. The van der Waals surface area contributed by atoms with Crippen molar-refractivity contribution in [3.05, 3.63) is 12.7 Å². The Morgan fingerprint density at radius 2 is 2.18 bits per heavy atom. The maximum atomic E-state index is 11.4. The van der Waals surface area contributed by atoms with Crippen LogP contribution in [0.15, 0.2) is 12.7 Å². The quantitative estimate of drug-likeness (QED) is 0.840. The van der Waals surface area contributed by atoms with Crippen LogP contribution in [0.5, 0.6) is 0 Å². The Hall–Kier alpha value is -1.72. The molecule has 0 saturated heterocycles. The van der Waals surface area contributed by atoms with E-state index < -0.39 is 11.4 Å². The number of hydrogen-bond acceptors (Lipinski definition) is 4. The fraction of sp³-hybridized carbons (Fsp3) is 0.636. The summed E-state index contributed by atoms with van der Waals surface area (Å²) >= 11 is 0. The molecule has 17 heavy (non-hydrogen) atoms. The van der Waals surface area contributed by atoms with E-state index in [9.17, 15) is 14.7 Å². The highest BCUT2D eigenvalue weighted by atomic mass is 16.4. The number of aryl methyl sites for hydroxylation is 1. The van der Waals surface area contributed by atoms with E-state index in [0.29, 0.717) is 38.6 Å². The SMILES string of the molecule is O=C1CCC(CCn2cncn2)(C(=O)O)CC1. The first-order chi connectivity index (χ1) is 8.12. The Labute approximate surface area is 98.7 Å². The predicted octanol–water partition coefficient (Wildman–Crippen LogP) is 0.882. The number of carbonyl (C=O) groups is 2. The molecule has 0 unspecified atom stereocenters. The number of aliphatic carboxylic acids is 1. The molecule has 1 saturated carbocycles. The number of nitrogens with zero attached hydrogens (tertiary/aromatic N) is 3. The van der Waals surface area contributed by atoms with Gasteiger partial charge in [-0.25, -0.2) is 4.98 Å². The molecular weight excluding hydrogens is 222 g/mol. The van der Waals surface area contributed by atoms with E-state index in [4.69, 9.17) is 0 Å². The zero-order valence-corrected chi connectivity index (χ0v) is 9.50. The van der Waals surface area contributed by atoms with Crippen molar-refractivity contribution in [2.75, 3.05) is 0 Å². The van der Waals surface area contributed by atoms with Gasteiger partial charge < -0.3 is 5.11 Å². The van der Waals surface area contributed by atoms with E-state index in [1.807, 2.05) is 0 Å². The zero-order valence-electron chi connectivity index (χ0n) is 9.50. The lowest BCUT2D eigenvalue weighted by Crippen LogP contribution is -2.36. The Morgan fingerprint density at radius 3 is 2.71 bits per heavy atom. The molecule has 92 valence electrons. The third-order valence-electron chi connectivity index (χ3n) is 3.50. The molecule has 0 aromatic carbocycles. The van der Waals surface area contributed by atoms with E-state index in [2.05, 4.69) is 10.1 Å². The van der Waals surface area contributed by atoms with E-state index in [1.165, 1.54) is 6.33 Å². The zero-order chi connectivity index (χ0) is 12.3. The molecule has 1 aliphatic carbocycles. The van der Waals surface area contributed by atoms with E-state index in [-0.39, 0.29) is 5.78 Å². The summed E-state index contributed by atoms with van der Waals surface area (Å²) in [5.74, 6) is -0.632. The highest BCUT2D eigenvalue weighted by Crippen LogP contribution is 2.38. The minimum absolute atomic E-state index is 0.169. The molecule has 1 aliphatic rings. The Morgan fingerprint density at radius 1 is 1.47 bits per heavy atom. The Kier molecular flexibility index (Phi) is 3.21. The molecule has 0 bridgehead atoms. The molecular formula is C11H15N3O3. The number of carbonyl (C=O) groups excluding carboxylic acids is 1. The molecule has 2 rings (SSSR count). The lowest BCUT2D eigenvalue weighted by molar-refractivity contribution is -0.152. The molecule has 6 nitrogen and oxygen atoms in total. The fourth-order valence-corrected chi connectivity index (χ4v) is 2.25. The molecule has 0 amide bonds. The van der Waals surface area contributed by atoms with Crippen LogP contribution in [0.25, 0.3) is 0 Å².